The van der Waals surface area contributed by atoms with E-state index in [-0.39, 0.29) is 26.4 Å². The molecule has 0 saturated heterocycles. The van der Waals surface area contributed by atoms with Crippen LogP contribution in [0, 0.1) is 5.41 Å². The molecule has 0 spiro atoms. The van der Waals surface area contributed by atoms with Gasteiger partial charge < -0.3 is 5.73 Å². The number of nitrogens with one attached hydrogen (secondary N) is 1. The second-order valence-corrected chi connectivity index (χ2v) is 8.76. The van der Waals surface area contributed by atoms with Crippen molar-refractivity contribution in [3.8, 4) is 0 Å². The van der Waals surface area contributed by atoms with E-state index in [2.05, 4.69) is 18.6 Å². The summed E-state index contributed by atoms with van der Waals surface area (Å²) in [5.74, 6) is 0. The van der Waals surface area contributed by atoms with Crippen LogP contribution >= 0.6 is 23.8 Å². The standard InChI is InChI=1S/C14H19ClN2O2S2/c1-14(2)6-5-10(8-14)17-21(18,19)12-4-3-9(13(16)20)7-11(12)15/h3-4,7,10,17H,5-6,8H2,1-2H3,(H2,16,20). The monoisotopic (exact) mass is 346 g/mol. The van der Waals surface area contributed by atoms with Crippen LogP contribution < -0.4 is 10.5 Å². The minimum Gasteiger partial charge on any atom is -0.389 e. The quantitative estimate of drug-likeness (QED) is 0.822. The molecule has 1 aromatic rings. The first-order valence-electron chi connectivity index (χ1n) is 6.72. The molecule has 1 aromatic carbocycles. The normalized spacial score (nSPS) is 21.4. The lowest BCUT2D eigenvalue weighted by Crippen LogP contribution is -2.33. The van der Waals surface area contributed by atoms with E-state index in [1.165, 1.54) is 12.1 Å². The minimum absolute atomic E-state index is 0.0451. The maximum Gasteiger partial charge on any atom is 0.242 e. The Kier molecular flexibility index (Phi) is 4.63. The average Bonchev–Trinajstić information content (AvgIpc) is 2.67. The molecule has 1 saturated carbocycles. The van der Waals surface area contributed by atoms with Crippen molar-refractivity contribution < 1.29 is 8.42 Å². The van der Waals surface area contributed by atoms with Gasteiger partial charge in [0.25, 0.3) is 0 Å². The van der Waals surface area contributed by atoms with E-state index in [9.17, 15) is 8.42 Å². The van der Waals surface area contributed by atoms with Gasteiger partial charge in [-0.25, -0.2) is 13.1 Å². The zero-order chi connectivity index (χ0) is 15.8. The molecule has 0 amide bonds. The van der Waals surface area contributed by atoms with Crippen molar-refractivity contribution in [2.24, 2.45) is 11.1 Å². The number of hydrogen-bond acceptors (Lipinski definition) is 3. The predicted molar refractivity (Wildman–Crippen MR) is 89.1 cm³/mol. The molecule has 21 heavy (non-hydrogen) atoms. The highest BCUT2D eigenvalue weighted by atomic mass is 35.5. The summed E-state index contributed by atoms with van der Waals surface area (Å²) in [6.07, 6.45) is 2.68. The summed E-state index contributed by atoms with van der Waals surface area (Å²) in [6.45, 7) is 4.29. The highest BCUT2D eigenvalue weighted by Crippen LogP contribution is 2.37. The van der Waals surface area contributed by atoms with Gasteiger partial charge >= 0.3 is 0 Å². The third kappa shape index (κ3) is 3.94. The number of halogens is 1. The van der Waals surface area contributed by atoms with E-state index in [0.717, 1.165) is 19.3 Å². The fourth-order valence-electron chi connectivity index (χ4n) is 2.69. The van der Waals surface area contributed by atoms with Gasteiger partial charge in [0.2, 0.25) is 10.0 Å². The molecule has 1 unspecified atom stereocenters. The Bertz CT molecular complexity index is 672. The summed E-state index contributed by atoms with van der Waals surface area (Å²) in [5, 5.41) is 0.130. The third-order valence-electron chi connectivity index (χ3n) is 3.80. The first-order valence-corrected chi connectivity index (χ1v) is 8.99. The van der Waals surface area contributed by atoms with Crippen LogP contribution in [0.3, 0.4) is 0 Å². The molecule has 1 fully saturated rings. The molecule has 4 nitrogen and oxygen atoms in total. The molecule has 0 radical (unpaired) electrons. The van der Waals surface area contributed by atoms with Crippen LogP contribution in [0.2, 0.25) is 5.02 Å². The molecule has 1 atom stereocenters. The van der Waals surface area contributed by atoms with E-state index in [1.807, 2.05) is 0 Å². The second kappa shape index (κ2) is 5.83. The van der Waals surface area contributed by atoms with Crippen LogP contribution in [0.4, 0.5) is 0 Å². The van der Waals surface area contributed by atoms with Crippen LogP contribution in [-0.2, 0) is 10.0 Å². The predicted octanol–water partition coefficient (Wildman–Crippen LogP) is 2.83. The number of thiocarbonyl (C=S) groups is 1. The largest absolute Gasteiger partial charge is 0.389 e. The van der Waals surface area contributed by atoms with Crippen LogP contribution in [0.1, 0.15) is 38.7 Å². The summed E-state index contributed by atoms with van der Waals surface area (Å²) in [6, 6.07) is 4.45. The molecule has 1 aliphatic rings. The van der Waals surface area contributed by atoms with E-state index >= 15 is 0 Å². The Morgan fingerprint density at radius 2 is 2.14 bits per heavy atom. The Balaban J connectivity index is 2.22. The summed E-state index contributed by atoms with van der Waals surface area (Å²) < 4.78 is 27.6. The fourth-order valence-corrected chi connectivity index (χ4v) is 4.63. The van der Waals surface area contributed by atoms with E-state index in [1.54, 1.807) is 6.07 Å². The number of sulfonamides is 1. The van der Waals surface area contributed by atoms with Crippen LogP contribution in [-0.4, -0.2) is 19.4 Å². The lowest BCUT2D eigenvalue weighted by atomic mass is 9.92. The van der Waals surface area contributed by atoms with Gasteiger partial charge in [0.1, 0.15) is 9.88 Å². The van der Waals surface area contributed by atoms with Gasteiger partial charge in [-0.05, 0) is 36.8 Å². The topological polar surface area (TPSA) is 72.2 Å². The minimum atomic E-state index is -3.63. The van der Waals surface area contributed by atoms with Gasteiger partial charge in [0, 0.05) is 11.6 Å². The van der Waals surface area contributed by atoms with Crippen molar-refractivity contribution in [3.63, 3.8) is 0 Å². The maximum atomic E-state index is 12.4. The number of nitrogens with two attached hydrogens (primary N) is 1. The van der Waals surface area contributed by atoms with Gasteiger partial charge in [-0.2, -0.15) is 0 Å². The van der Waals surface area contributed by atoms with Crippen molar-refractivity contribution in [1.82, 2.24) is 4.72 Å². The maximum absolute atomic E-state index is 12.4. The molecule has 3 N–H and O–H groups in total. The lowest BCUT2D eigenvalue weighted by molar-refractivity contribution is 0.372. The lowest BCUT2D eigenvalue weighted by Gasteiger charge is -2.18. The van der Waals surface area contributed by atoms with Gasteiger partial charge in [0.15, 0.2) is 0 Å². The van der Waals surface area contributed by atoms with Crippen LogP contribution in [0.25, 0.3) is 0 Å². The second-order valence-electron chi connectivity index (χ2n) is 6.23. The summed E-state index contributed by atoms with van der Waals surface area (Å²) in [5.41, 5.74) is 6.24. The van der Waals surface area contributed by atoms with Crippen molar-refractivity contribution in [3.05, 3.63) is 28.8 Å². The average molecular weight is 347 g/mol. The Morgan fingerprint density at radius 1 is 1.48 bits per heavy atom. The molecule has 1 aliphatic carbocycles. The highest BCUT2D eigenvalue weighted by molar-refractivity contribution is 7.89. The first kappa shape index (κ1) is 16.7. The molecule has 0 bridgehead atoms. The smallest absolute Gasteiger partial charge is 0.242 e. The van der Waals surface area contributed by atoms with Crippen molar-refractivity contribution in [2.75, 3.05) is 0 Å². The van der Waals surface area contributed by atoms with Gasteiger partial charge in [-0.15, -0.1) is 0 Å². The van der Waals surface area contributed by atoms with Gasteiger partial charge in [0.05, 0.1) is 5.02 Å². The van der Waals surface area contributed by atoms with Crippen LogP contribution in [0.5, 0.6) is 0 Å². The molecule has 0 aromatic heterocycles. The number of rotatable bonds is 4. The Morgan fingerprint density at radius 3 is 2.62 bits per heavy atom. The fraction of sp³-hybridized carbons (Fsp3) is 0.500. The number of hydrogen-bond donors (Lipinski definition) is 2. The third-order valence-corrected chi connectivity index (χ3v) is 6.04. The van der Waals surface area contributed by atoms with Crippen molar-refractivity contribution in [2.45, 2.75) is 44.0 Å². The molecular weight excluding hydrogens is 328 g/mol. The summed E-state index contributed by atoms with van der Waals surface area (Å²) in [4.78, 5) is 0.250. The van der Waals surface area contributed by atoms with E-state index in [4.69, 9.17) is 29.6 Å². The number of benzene rings is 1. The molecule has 0 aliphatic heterocycles. The highest BCUT2D eigenvalue weighted by Gasteiger charge is 2.34. The molecule has 116 valence electrons. The first-order chi connectivity index (χ1) is 9.61. The molecule has 7 heteroatoms. The van der Waals surface area contributed by atoms with Crippen molar-refractivity contribution in [1.29, 1.82) is 0 Å². The SMILES string of the molecule is CC1(C)CCC(NS(=O)(=O)c2ccc(C(N)=S)cc2Cl)C1. The Labute approximate surface area is 136 Å². The molecule has 0 heterocycles. The van der Waals surface area contributed by atoms with Gasteiger partial charge in [-0.1, -0.05) is 43.7 Å². The van der Waals surface area contributed by atoms with Gasteiger partial charge in [-0.3, -0.25) is 0 Å². The molecule has 2 rings (SSSR count). The summed E-state index contributed by atoms with van der Waals surface area (Å²) in [7, 11) is -3.63. The van der Waals surface area contributed by atoms with E-state index < -0.39 is 10.0 Å². The van der Waals surface area contributed by atoms with E-state index in [0.29, 0.717) is 5.56 Å². The zero-order valence-corrected chi connectivity index (χ0v) is 14.4. The Hall–Kier alpha value is -0.690. The zero-order valence-electron chi connectivity index (χ0n) is 12.0. The van der Waals surface area contributed by atoms with Crippen LogP contribution in [0.15, 0.2) is 23.1 Å². The molecular formula is C14H19ClN2O2S2. The summed E-state index contributed by atoms with van der Waals surface area (Å²) >= 11 is 10.9. The van der Waals surface area contributed by atoms with Crippen molar-refractivity contribution >= 4 is 38.8 Å².